The van der Waals surface area contributed by atoms with Gasteiger partial charge in [0.25, 0.3) is 5.91 Å². The molecule has 0 radical (unpaired) electrons. The maximum Gasteiger partial charge on any atom is 2.00 e. The van der Waals surface area contributed by atoms with E-state index in [4.69, 9.17) is 31.2 Å². The molecule has 1 amide bonds. The van der Waals surface area contributed by atoms with Crippen LogP contribution in [0.3, 0.4) is 0 Å². The van der Waals surface area contributed by atoms with Crippen LogP contribution in [-0.2, 0) is 44.9 Å². The predicted molar refractivity (Wildman–Crippen MR) is 143 cm³/mol. The topological polar surface area (TPSA) is 215 Å². The van der Waals surface area contributed by atoms with Crippen molar-refractivity contribution in [2.24, 2.45) is 10.5 Å². The second kappa shape index (κ2) is 14.1. The zero-order chi connectivity index (χ0) is 29.7. The smallest absolute Gasteiger partial charge is 0.675 e. The Balaban J connectivity index is 0.000000413. The Hall–Kier alpha value is -3.29. The third kappa shape index (κ3) is 8.14. The number of hydrazone groups is 1. The van der Waals surface area contributed by atoms with E-state index in [1.54, 1.807) is 12.1 Å². The Bertz CT molecular complexity index is 1180. The quantitative estimate of drug-likeness (QED) is 0.181. The van der Waals surface area contributed by atoms with Crippen LogP contribution in [0.5, 0.6) is 0 Å². The molecule has 41 heavy (non-hydrogen) atoms. The molecule has 224 valence electrons. The van der Waals surface area contributed by atoms with E-state index in [1.807, 2.05) is 13.8 Å². The van der Waals surface area contributed by atoms with Crippen LogP contribution in [0.15, 0.2) is 47.9 Å². The molecule has 3 heterocycles. The van der Waals surface area contributed by atoms with E-state index < -0.39 is 23.1 Å². The number of rotatable bonds is 10. The van der Waals surface area contributed by atoms with Gasteiger partial charge in [-0.05, 0) is 32.1 Å². The number of ether oxygens (including phenoxy) is 2. The summed E-state index contributed by atoms with van der Waals surface area (Å²) in [6, 6.07) is 3.08. The number of aliphatic carboxylic acids is 2. The molecule has 2 aliphatic heterocycles. The molecule has 1 aliphatic carbocycles. The van der Waals surface area contributed by atoms with E-state index in [1.165, 1.54) is 23.2 Å². The molecule has 15 heteroatoms. The number of Topliss-reactive ketones (excluding diaryl/α,β-unsaturated/α-hetero) is 1. The van der Waals surface area contributed by atoms with Gasteiger partial charge in [0.05, 0.1) is 12.2 Å². The van der Waals surface area contributed by atoms with Gasteiger partial charge in [0, 0.05) is 55.1 Å². The largest absolute Gasteiger partial charge is 2.00 e. The molecule has 1 saturated heterocycles. The number of nitrogens with one attached hydrogen (secondary N) is 3. The van der Waals surface area contributed by atoms with E-state index in [-0.39, 0.29) is 83.9 Å². The molecule has 0 aromatic carbocycles. The molecule has 4 rings (SSSR count). The van der Waals surface area contributed by atoms with Crippen molar-refractivity contribution in [3.63, 3.8) is 0 Å². The third-order valence-corrected chi connectivity index (χ3v) is 6.53. The van der Waals surface area contributed by atoms with E-state index >= 15 is 0 Å². The van der Waals surface area contributed by atoms with Crippen LogP contribution in [0, 0.1) is 5.41 Å². The fraction of sp³-hybridized carbons (Fsp3) is 0.462. The van der Waals surface area contributed by atoms with Gasteiger partial charge in [-0.15, -0.1) is 13.1 Å². The summed E-state index contributed by atoms with van der Waals surface area (Å²) in [7, 11) is 0. The van der Waals surface area contributed by atoms with E-state index in [9.17, 15) is 19.2 Å². The van der Waals surface area contributed by atoms with E-state index in [0.29, 0.717) is 22.8 Å². The van der Waals surface area contributed by atoms with Gasteiger partial charge in [0.2, 0.25) is 0 Å². The molecule has 0 spiro atoms. The van der Waals surface area contributed by atoms with Gasteiger partial charge in [-0.1, -0.05) is 6.58 Å². The fourth-order valence-electron chi connectivity index (χ4n) is 4.23. The summed E-state index contributed by atoms with van der Waals surface area (Å²) < 4.78 is 10.7. The third-order valence-electron chi connectivity index (χ3n) is 6.53. The van der Waals surface area contributed by atoms with Gasteiger partial charge in [-0.2, -0.15) is 5.10 Å². The van der Waals surface area contributed by atoms with Crippen molar-refractivity contribution in [3.05, 3.63) is 59.8 Å². The molecule has 2 fully saturated rings. The monoisotopic (exact) mass is 751 g/mol. The summed E-state index contributed by atoms with van der Waals surface area (Å²) in [4.78, 5) is 51.6. The number of aromatic nitrogens is 1. The average Bonchev–Trinajstić information content (AvgIpc) is 3.38. The number of anilines is 1. The molecule has 0 bridgehead atoms. The molecule has 3 aliphatic rings. The van der Waals surface area contributed by atoms with Gasteiger partial charge in [0.1, 0.15) is 5.82 Å². The number of carboxylic acids is 2. The minimum absolute atomic E-state index is 0. The second-order valence-electron chi connectivity index (χ2n) is 9.88. The van der Waals surface area contributed by atoms with Crippen LogP contribution in [0.2, 0.25) is 0 Å². The summed E-state index contributed by atoms with van der Waals surface area (Å²) in [5.74, 6) is -3.44. The first kappa shape index (κ1) is 33.9. The van der Waals surface area contributed by atoms with Crippen molar-refractivity contribution in [3.8, 4) is 0 Å². The molecular weight excluding hydrogens is 719 g/mol. The zero-order valence-corrected chi connectivity index (χ0v) is 24.8. The molecule has 1 aromatic heterocycles. The minimum Gasteiger partial charge on any atom is -0.675 e. The van der Waals surface area contributed by atoms with Crippen LogP contribution >= 0.6 is 0 Å². The number of nitrogens with zero attached hydrogens (tertiary/aromatic N) is 3. The van der Waals surface area contributed by atoms with Gasteiger partial charge >= 0.3 is 33.0 Å². The molecule has 2 atom stereocenters. The van der Waals surface area contributed by atoms with E-state index in [2.05, 4.69) is 22.1 Å². The van der Waals surface area contributed by atoms with Crippen molar-refractivity contribution in [2.75, 3.05) is 25.1 Å². The van der Waals surface area contributed by atoms with Gasteiger partial charge < -0.3 is 36.1 Å². The molecule has 5 N–H and O–H groups in total. The van der Waals surface area contributed by atoms with Crippen LogP contribution in [0.1, 0.15) is 43.5 Å². The first-order valence-corrected chi connectivity index (χ1v) is 12.4. The average molecular weight is 752 g/mol. The summed E-state index contributed by atoms with van der Waals surface area (Å²) in [6.07, 6.45) is 3.67. The molecule has 0 unspecified atom stereocenters. The molecule has 1 saturated carbocycles. The second-order valence-corrected chi connectivity index (χ2v) is 9.88. The van der Waals surface area contributed by atoms with Crippen molar-refractivity contribution in [2.45, 2.75) is 51.1 Å². The minimum atomic E-state index is -1.82. The first-order valence-electron chi connectivity index (χ1n) is 12.4. The standard InChI is InChI=1S/C19H18N4O6.C7H14N2O2.Pt/c1-11-2-5-16(25)23(11)7-6-14(24)12-3-4-15(20-10-12)22-21-13-8-19(9-13,17(26)27)18(28)29;1-7(2)10-5(3-8)6(4-9)11-7;/h2-5,10H,1,6-9H2,(H,20,22)(H,26,27)(H,28,29);5-6,8-9H,3-4H2,1-2H3;/q;-2;+2/t;5-,6-;/m.1./s1. The maximum absolute atomic E-state index is 12.3. The normalized spacial score (nSPS) is 21.8. The SMILES string of the molecule is C=C1C=CC(=O)N1CCC(=O)c1ccc(NN=C2CC(C(=O)O)(C(=O)O)C2)nc1.CC1(C)O[C@H](C[NH-])[C@@H](C[NH-])O1.[Pt+2]. The Kier molecular flexibility index (Phi) is 11.6. The fourth-order valence-corrected chi connectivity index (χ4v) is 4.23. The Labute approximate surface area is 251 Å². The van der Waals surface area contributed by atoms with Crippen LogP contribution in [-0.4, -0.2) is 87.1 Å². The summed E-state index contributed by atoms with van der Waals surface area (Å²) >= 11 is 0. The number of hydrogen-bond donors (Lipinski definition) is 3. The number of carboxylic acid groups (broad SMARTS) is 2. The molecular formula is C26H32N6O8Pt. The number of hydrogen-bond acceptors (Lipinski definition) is 9. The Morgan fingerprint density at radius 2 is 1.71 bits per heavy atom. The van der Waals surface area contributed by atoms with Crippen LogP contribution < -0.4 is 5.43 Å². The first-order chi connectivity index (χ1) is 18.8. The van der Waals surface area contributed by atoms with Crippen LogP contribution in [0.25, 0.3) is 11.5 Å². The maximum atomic E-state index is 12.3. The molecule has 14 nitrogen and oxygen atoms in total. The van der Waals surface area contributed by atoms with Crippen molar-refractivity contribution >= 4 is 35.2 Å². The number of allylic oxidation sites excluding steroid dienone is 1. The molecule has 1 aromatic rings. The van der Waals surface area contributed by atoms with Crippen molar-refractivity contribution < 1.29 is 59.9 Å². The van der Waals surface area contributed by atoms with Crippen molar-refractivity contribution in [1.82, 2.24) is 9.88 Å². The summed E-state index contributed by atoms with van der Waals surface area (Å²) in [6.45, 7) is 7.93. The number of pyridine rings is 1. The van der Waals surface area contributed by atoms with E-state index in [0.717, 1.165) is 0 Å². The Morgan fingerprint density at radius 3 is 2.15 bits per heavy atom. The number of carbonyl (C=O) groups excluding carboxylic acids is 2. The summed E-state index contributed by atoms with van der Waals surface area (Å²) in [5.41, 5.74) is 16.4. The van der Waals surface area contributed by atoms with Gasteiger partial charge in [-0.25, -0.2) is 4.98 Å². The summed E-state index contributed by atoms with van der Waals surface area (Å²) in [5, 5.41) is 22.1. The number of carbonyl (C=O) groups is 4. The Morgan fingerprint density at radius 1 is 1.12 bits per heavy atom. The predicted octanol–water partition coefficient (Wildman–Crippen LogP) is 2.89. The van der Waals surface area contributed by atoms with Crippen LogP contribution in [0.4, 0.5) is 5.82 Å². The van der Waals surface area contributed by atoms with Gasteiger partial charge in [-0.3, -0.25) is 24.6 Å². The van der Waals surface area contributed by atoms with Crippen molar-refractivity contribution in [1.29, 1.82) is 0 Å². The number of ketones is 1. The number of amides is 1. The van der Waals surface area contributed by atoms with Gasteiger partial charge in [0.15, 0.2) is 17.0 Å². The zero-order valence-electron chi connectivity index (χ0n) is 22.5.